The van der Waals surface area contributed by atoms with Gasteiger partial charge in [0.05, 0.1) is 18.4 Å². The minimum absolute atomic E-state index is 0.167. The lowest BCUT2D eigenvalue weighted by atomic mass is 9.82. The van der Waals surface area contributed by atoms with Gasteiger partial charge < -0.3 is 15.4 Å². The van der Waals surface area contributed by atoms with Crippen molar-refractivity contribution in [2.45, 2.75) is 71.0 Å². The number of aromatic nitrogens is 2. The van der Waals surface area contributed by atoms with E-state index in [4.69, 9.17) is 24.5 Å². The molecule has 9 nitrogen and oxygen atoms in total. The maximum Gasteiger partial charge on any atom is 0.472 e. The van der Waals surface area contributed by atoms with Crippen LogP contribution in [-0.4, -0.2) is 38.9 Å². The van der Waals surface area contributed by atoms with Gasteiger partial charge in [0, 0.05) is 5.56 Å². The number of aliphatic imine (C=N–C) groups is 1. The molecule has 10 heteroatoms. The number of phosphoric acid groups is 1. The molecular formula is C24H33N4O5P. The zero-order valence-corrected chi connectivity index (χ0v) is 21.0. The molecule has 1 aliphatic carbocycles. The lowest BCUT2D eigenvalue weighted by Crippen LogP contribution is -2.41. The van der Waals surface area contributed by atoms with Gasteiger partial charge in [0.25, 0.3) is 0 Å². The van der Waals surface area contributed by atoms with Crippen LogP contribution in [0, 0.1) is 5.92 Å². The largest absolute Gasteiger partial charge is 0.472 e. The first-order valence-electron chi connectivity index (χ1n) is 11.7. The summed E-state index contributed by atoms with van der Waals surface area (Å²) < 4.78 is 28.7. The van der Waals surface area contributed by atoms with Crippen LogP contribution in [0.4, 0.5) is 11.5 Å². The zero-order valence-electron chi connectivity index (χ0n) is 20.1. The highest BCUT2D eigenvalue weighted by atomic mass is 31.2. The average Bonchev–Trinajstić information content (AvgIpc) is 2.78. The first-order valence-corrected chi connectivity index (χ1v) is 13.2. The summed E-state index contributed by atoms with van der Waals surface area (Å²) in [5.74, 6) is 1.21. The fraction of sp³-hybridized carbons (Fsp3) is 0.542. The summed E-state index contributed by atoms with van der Waals surface area (Å²) in [6, 6.07) is 8.33. The molecule has 0 amide bonds. The Morgan fingerprint density at radius 3 is 2.50 bits per heavy atom. The Balaban J connectivity index is 1.41. The molecule has 3 N–H and O–H groups in total. The SMILES string of the molecule is CC(C)COP(=O)(O)OC1CCC(c2ccc(C3=Nc4c(N)ncnc4OC3(C)C)cc2)CC1. The summed E-state index contributed by atoms with van der Waals surface area (Å²) in [5, 5.41) is 0. The third kappa shape index (κ3) is 5.66. The Bertz CT molecular complexity index is 1100. The molecule has 1 unspecified atom stereocenters. The molecule has 1 fully saturated rings. The van der Waals surface area contributed by atoms with Crippen molar-refractivity contribution in [3.8, 4) is 5.88 Å². The summed E-state index contributed by atoms with van der Waals surface area (Å²) >= 11 is 0. The van der Waals surface area contributed by atoms with Gasteiger partial charge in [0.1, 0.15) is 11.9 Å². The predicted molar refractivity (Wildman–Crippen MR) is 130 cm³/mol. The number of nitrogen functional groups attached to an aromatic ring is 1. The van der Waals surface area contributed by atoms with Crippen LogP contribution in [0.15, 0.2) is 35.6 Å². The van der Waals surface area contributed by atoms with Crippen LogP contribution in [0.25, 0.3) is 0 Å². The van der Waals surface area contributed by atoms with Crippen LogP contribution in [0.1, 0.15) is 70.4 Å². The smallest absolute Gasteiger partial charge is 0.463 e. The number of rotatable bonds is 7. The Morgan fingerprint density at radius 2 is 1.85 bits per heavy atom. The van der Waals surface area contributed by atoms with Crippen molar-refractivity contribution in [3.05, 3.63) is 41.7 Å². The van der Waals surface area contributed by atoms with E-state index in [1.165, 1.54) is 11.9 Å². The monoisotopic (exact) mass is 488 g/mol. The minimum atomic E-state index is -4.01. The first-order chi connectivity index (χ1) is 16.0. The highest BCUT2D eigenvalue weighted by Gasteiger charge is 2.35. The van der Waals surface area contributed by atoms with Gasteiger partial charge in [-0.05, 0) is 56.9 Å². The number of ether oxygens (including phenoxy) is 1. The molecule has 2 aliphatic rings. The van der Waals surface area contributed by atoms with Crippen LogP contribution in [0.2, 0.25) is 0 Å². The van der Waals surface area contributed by atoms with Crippen LogP contribution >= 0.6 is 7.82 Å². The van der Waals surface area contributed by atoms with Gasteiger partial charge >= 0.3 is 7.82 Å². The molecule has 0 spiro atoms. The lowest BCUT2D eigenvalue weighted by molar-refractivity contribution is 0.0736. The second kappa shape index (κ2) is 9.74. The van der Waals surface area contributed by atoms with E-state index in [-0.39, 0.29) is 24.4 Å². The number of phosphoric ester groups is 1. The fourth-order valence-corrected chi connectivity index (χ4v) is 5.52. The number of anilines is 1. The zero-order chi connectivity index (χ0) is 24.5. The molecule has 0 saturated heterocycles. The van der Waals surface area contributed by atoms with E-state index in [1.807, 2.05) is 27.7 Å². The van der Waals surface area contributed by atoms with Crippen molar-refractivity contribution in [1.29, 1.82) is 0 Å². The lowest BCUT2D eigenvalue weighted by Gasteiger charge is -2.32. The van der Waals surface area contributed by atoms with E-state index in [0.29, 0.717) is 30.3 Å². The molecule has 2 aromatic rings. The molecule has 1 aromatic carbocycles. The normalized spacial score (nSPS) is 23.5. The molecule has 1 aliphatic heterocycles. The van der Waals surface area contributed by atoms with E-state index in [9.17, 15) is 9.46 Å². The summed E-state index contributed by atoms with van der Waals surface area (Å²) in [4.78, 5) is 22.9. The molecule has 4 rings (SSSR count). The summed E-state index contributed by atoms with van der Waals surface area (Å²) in [5.41, 5.74) is 8.71. The second-order valence-corrected chi connectivity index (χ2v) is 11.3. The molecule has 1 saturated carbocycles. The molecule has 34 heavy (non-hydrogen) atoms. The highest BCUT2D eigenvalue weighted by molar-refractivity contribution is 7.47. The van der Waals surface area contributed by atoms with E-state index >= 15 is 0 Å². The van der Waals surface area contributed by atoms with E-state index in [0.717, 1.165) is 24.1 Å². The Labute approximate surface area is 200 Å². The predicted octanol–water partition coefficient (Wildman–Crippen LogP) is 5.17. The van der Waals surface area contributed by atoms with Gasteiger partial charge in [0.15, 0.2) is 11.5 Å². The van der Waals surface area contributed by atoms with E-state index < -0.39 is 13.4 Å². The fourth-order valence-electron chi connectivity index (χ4n) is 4.38. The van der Waals surface area contributed by atoms with E-state index in [1.54, 1.807) is 0 Å². The standard InChI is InChI=1S/C24H33N4O5P/c1-15(2)13-31-34(29,30)33-19-11-9-17(10-12-19)16-5-7-18(8-6-16)21-24(3,4)32-23-20(28-21)22(25)26-14-27-23/h5-8,14-15,17,19H,9-13H2,1-4H3,(H,29,30)(H2,25,26,27). The molecule has 0 bridgehead atoms. The second-order valence-electron chi connectivity index (χ2n) is 9.84. The molecule has 2 heterocycles. The Kier molecular flexibility index (Phi) is 7.10. The average molecular weight is 489 g/mol. The van der Waals surface area contributed by atoms with Crippen molar-refractivity contribution < 1.29 is 23.2 Å². The van der Waals surface area contributed by atoms with Crippen molar-refractivity contribution in [2.24, 2.45) is 10.9 Å². The summed E-state index contributed by atoms with van der Waals surface area (Å²) in [6.45, 7) is 7.95. The molecule has 1 atom stereocenters. The number of hydrogen-bond acceptors (Lipinski definition) is 8. The van der Waals surface area contributed by atoms with Gasteiger partial charge in [-0.1, -0.05) is 38.1 Å². The van der Waals surface area contributed by atoms with Gasteiger partial charge in [-0.2, -0.15) is 4.98 Å². The van der Waals surface area contributed by atoms with Crippen LogP contribution in [0.5, 0.6) is 5.88 Å². The first kappa shape index (κ1) is 24.8. The van der Waals surface area contributed by atoms with Crippen LogP contribution in [0.3, 0.4) is 0 Å². The van der Waals surface area contributed by atoms with Gasteiger partial charge in [-0.3, -0.25) is 9.05 Å². The topological polar surface area (TPSA) is 129 Å². The minimum Gasteiger partial charge on any atom is -0.463 e. The third-order valence-electron chi connectivity index (χ3n) is 6.15. The Hall–Kier alpha value is -2.32. The third-order valence-corrected chi connectivity index (χ3v) is 7.19. The quantitative estimate of drug-likeness (QED) is 0.511. The maximum atomic E-state index is 12.2. The molecular weight excluding hydrogens is 455 g/mol. The summed E-state index contributed by atoms with van der Waals surface area (Å²) in [6.07, 6.45) is 4.30. The Morgan fingerprint density at radius 1 is 1.18 bits per heavy atom. The van der Waals surface area contributed by atoms with E-state index in [2.05, 4.69) is 34.2 Å². The maximum absolute atomic E-state index is 12.2. The number of hydrogen-bond donors (Lipinski definition) is 2. The van der Waals surface area contributed by atoms with Gasteiger partial charge in [0.2, 0.25) is 5.88 Å². The summed E-state index contributed by atoms with van der Waals surface area (Å²) in [7, 11) is -4.01. The van der Waals surface area contributed by atoms with Crippen LogP contribution < -0.4 is 10.5 Å². The molecule has 184 valence electrons. The number of nitrogens with two attached hydrogens (primary N) is 1. The van der Waals surface area contributed by atoms with Crippen molar-refractivity contribution in [3.63, 3.8) is 0 Å². The van der Waals surface area contributed by atoms with Gasteiger partial charge in [-0.15, -0.1) is 0 Å². The number of nitrogens with zero attached hydrogens (tertiary/aromatic N) is 3. The van der Waals surface area contributed by atoms with Crippen molar-refractivity contribution in [2.75, 3.05) is 12.3 Å². The number of benzene rings is 1. The van der Waals surface area contributed by atoms with Gasteiger partial charge in [-0.25, -0.2) is 14.5 Å². The van der Waals surface area contributed by atoms with Crippen LogP contribution in [-0.2, 0) is 13.6 Å². The molecule has 0 radical (unpaired) electrons. The molecule has 1 aromatic heterocycles. The highest BCUT2D eigenvalue weighted by Crippen LogP contribution is 2.48. The van der Waals surface area contributed by atoms with Crippen molar-refractivity contribution in [1.82, 2.24) is 9.97 Å². The number of fused-ring (bicyclic) bond motifs is 1. The van der Waals surface area contributed by atoms with Crippen molar-refractivity contribution >= 4 is 25.0 Å².